The zero-order valence-corrected chi connectivity index (χ0v) is 19.6. The summed E-state index contributed by atoms with van der Waals surface area (Å²) >= 11 is 0. The first-order valence-corrected chi connectivity index (χ1v) is 12.8. The highest BCUT2D eigenvalue weighted by Gasteiger charge is 2.74. The van der Waals surface area contributed by atoms with Crippen LogP contribution in [0.2, 0.25) is 0 Å². The van der Waals surface area contributed by atoms with Crippen LogP contribution in [0.15, 0.2) is 5.10 Å². The third-order valence-electron chi connectivity index (χ3n) is 11.0. The van der Waals surface area contributed by atoms with Crippen molar-refractivity contribution in [1.29, 1.82) is 0 Å². The molecule has 6 aliphatic rings. The topological polar surface area (TPSA) is 77.0 Å². The number of carbonyl (C=O) groups is 1. The average molecular weight is 429 g/mol. The Labute approximate surface area is 186 Å². The van der Waals surface area contributed by atoms with E-state index in [4.69, 9.17) is 0 Å². The summed E-state index contributed by atoms with van der Waals surface area (Å²) in [7, 11) is 0. The summed E-state index contributed by atoms with van der Waals surface area (Å²) in [6.07, 6.45) is 8.31. The number of fused-ring (bicyclic) bond motifs is 7. The van der Waals surface area contributed by atoms with Crippen molar-refractivity contribution in [2.75, 3.05) is 6.54 Å². The number of ketones is 1. The first-order chi connectivity index (χ1) is 14.7. The van der Waals surface area contributed by atoms with Gasteiger partial charge in [-0.2, -0.15) is 0 Å². The molecule has 5 aliphatic carbocycles. The van der Waals surface area contributed by atoms with Gasteiger partial charge in [0.15, 0.2) is 5.78 Å². The summed E-state index contributed by atoms with van der Waals surface area (Å²) in [6.45, 7) is 9.29. The van der Waals surface area contributed by atoms with Crippen LogP contribution in [-0.4, -0.2) is 33.9 Å². The third-order valence-corrected chi connectivity index (χ3v) is 11.0. The van der Waals surface area contributed by atoms with Crippen LogP contribution in [0.5, 0.6) is 0 Å². The Morgan fingerprint density at radius 1 is 1.13 bits per heavy atom. The monoisotopic (exact) mass is 428 g/mol. The first-order valence-electron chi connectivity index (χ1n) is 12.8. The maximum atomic E-state index is 13.7. The molecule has 6 rings (SSSR count). The molecule has 6 heteroatoms. The Morgan fingerprint density at radius 2 is 1.90 bits per heavy atom. The number of nitrogens with one attached hydrogen (secondary N) is 2. The highest BCUT2D eigenvalue weighted by Crippen LogP contribution is 2.76. The van der Waals surface area contributed by atoms with E-state index in [9.17, 15) is 9.90 Å². The van der Waals surface area contributed by atoms with Crippen LogP contribution >= 0.6 is 0 Å². The van der Waals surface area contributed by atoms with E-state index < -0.39 is 5.60 Å². The van der Waals surface area contributed by atoms with Crippen LogP contribution in [0.25, 0.3) is 0 Å². The highest BCUT2D eigenvalue weighted by molar-refractivity contribution is 5.90. The van der Waals surface area contributed by atoms with Crippen molar-refractivity contribution in [2.24, 2.45) is 63.8 Å². The second kappa shape index (κ2) is 6.69. The Balaban J connectivity index is 1.24. The second-order valence-corrected chi connectivity index (χ2v) is 12.6. The molecule has 0 radical (unpaired) electrons. The summed E-state index contributed by atoms with van der Waals surface area (Å²) in [5.74, 6) is 7.40. The largest absolute Gasteiger partial charge is 0.390 e. The molecule has 1 aliphatic heterocycles. The number of hydrazone groups is 1. The number of rotatable bonds is 3. The van der Waals surface area contributed by atoms with Gasteiger partial charge >= 0.3 is 0 Å². The van der Waals surface area contributed by atoms with Gasteiger partial charge in [-0.15, -0.1) is 10.6 Å². The average Bonchev–Trinajstić information content (AvgIpc) is 3.04. The van der Waals surface area contributed by atoms with Crippen molar-refractivity contribution in [3.05, 3.63) is 0 Å². The fraction of sp³-hybridized carbons (Fsp3) is 0.920. The van der Waals surface area contributed by atoms with Gasteiger partial charge in [-0.1, -0.05) is 13.8 Å². The molecule has 1 heterocycles. The van der Waals surface area contributed by atoms with Gasteiger partial charge in [0.25, 0.3) is 0 Å². The quantitative estimate of drug-likeness (QED) is 0.643. The van der Waals surface area contributed by atoms with Crippen molar-refractivity contribution in [2.45, 2.75) is 78.2 Å². The van der Waals surface area contributed by atoms with E-state index in [1.165, 1.54) is 32.1 Å². The van der Waals surface area contributed by atoms with E-state index in [-0.39, 0.29) is 11.3 Å². The van der Waals surface area contributed by atoms with Crippen LogP contribution < -0.4 is 11.1 Å². The smallest absolute Gasteiger partial charge is 0.157 e. The second-order valence-electron chi connectivity index (χ2n) is 12.6. The lowest BCUT2D eigenvalue weighted by Gasteiger charge is -2.58. The van der Waals surface area contributed by atoms with Crippen LogP contribution in [0.4, 0.5) is 0 Å². The van der Waals surface area contributed by atoms with Gasteiger partial charge < -0.3 is 5.11 Å². The van der Waals surface area contributed by atoms with Crippen molar-refractivity contribution in [1.82, 2.24) is 16.1 Å². The predicted octanol–water partition coefficient (Wildman–Crippen LogP) is 3.34. The fourth-order valence-electron chi connectivity index (χ4n) is 9.80. The summed E-state index contributed by atoms with van der Waals surface area (Å²) in [4.78, 5) is 13.7. The predicted molar refractivity (Wildman–Crippen MR) is 119 cm³/mol. The van der Waals surface area contributed by atoms with Gasteiger partial charge in [-0.25, -0.2) is 5.53 Å². The third kappa shape index (κ3) is 2.89. The molecule has 11 atom stereocenters. The molecule has 0 unspecified atom stereocenters. The van der Waals surface area contributed by atoms with Gasteiger partial charge in [0.05, 0.1) is 12.1 Å². The maximum Gasteiger partial charge on any atom is 0.157 e. The number of Topliss-reactive ketones (excluding diaryl/α,β-unsaturated/α-hetero) is 1. The van der Waals surface area contributed by atoms with Gasteiger partial charge in [0, 0.05) is 5.92 Å². The normalized spacial score (nSPS) is 54.8. The maximum absolute atomic E-state index is 13.7. The van der Waals surface area contributed by atoms with E-state index in [0.717, 1.165) is 54.2 Å². The van der Waals surface area contributed by atoms with Crippen LogP contribution in [0.3, 0.4) is 0 Å². The lowest BCUT2D eigenvalue weighted by atomic mass is 9.47. The number of aliphatic hydroxyl groups is 1. The molecule has 0 bridgehead atoms. The molecule has 0 aromatic heterocycles. The molecule has 0 aromatic carbocycles. The lowest BCUT2D eigenvalue weighted by molar-refractivity contribution is -0.137. The van der Waals surface area contributed by atoms with Crippen LogP contribution in [0.1, 0.15) is 72.6 Å². The summed E-state index contributed by atoms with van der Waals surface area (Å²) < 4.78 is 0. The van der Waals surface area contributed by atoms with Gasteiger partial charge in [-0.3, -0.25) is 9.80 Å². The number of nitrogens with zero attached hydrogens (tertiary/aromatic N) is 2. The molecule has 0 spiro atoms. The number of amidine groups is 1. The molecule has 5 saturated carbocycles. The molecular weight excluding hydrogens is 388 g/mol. The summed E-state index contributed by atoms with van der Waals surface area (Å²) in [5, 5.41) is 16.7. The van der Waals surface area contributed by atoms with Crippen LogP contribution in [-0.2, 0) is 4.79 Å². The van der Waals surface area contributed by atoms with Gasteiger partial charge in [0.2, 0.25) is 0 Å². The van der Waals surface area contributed by atoms with E-state index >= 15 is 0 Å². The molecule has 0 amide bonds. The standard InChI is InChI=1S/C25H40N4O2/c1-13-20-21(13)23(19(30)12-29-14(2)26-27-28-29)25(4)10-8-17-16-7-9-24(3,31)11-15(16)5-6-18(17)22(20)25/h13,15-18,20-23,27-28,31H,5-12H2,1-4H3/t13-,15+,16-,17+,18+,20+,21-,22+,23-,24+,25-/m0/s1. The minimum atomic E-state index is -0.446. The van der Waals surface area contributed by atoms with E-state index in [0.29, 0.717) is 24.2 Å². The van der Waals surface area contributed by atoms with Gasteiger partial charge in [0.1, 0.15) is 5.84 Å². The Bertz CT molecular complexity index is 811. The fourth-order valence-corrected chi connectivity index (χ4v) is 9.80. The molecule has 6 nitrogen and oxygen atoms in total. The number of hydrogen-bond acceptors (Lipinski definition) is 6. The number of hydrogen-bond donors (Lipinski definition) is 3. The first kappa shape index (κ1) is 20.5. The zero-order chi connectivity index (χ0) is 21.7. The molecular formula is C25H40N4O2. The molecule has 3 N–H and O–H groups in total. The molecule has 172 valence electrons. The summed E-state index contributed by atoms with van der Waals surface area (Å²) in [6, 6.07) is 0. The molecule has 0 aromatic rings. The Hall–Kier alpha value is -1.14. The van der Waals surface area contributed by atoms with E-state index in [1.807, 2.05) is 18.9 Å². The van der Waals surface area contributed by atoms with Crippen LogP contribution in [0, 0.1) is 58.7 Å². The SMILES string of the molecule is CC1=NNNN1CC(=O)[C@H]1[C@H]2[C@@H](C)[C@H]2[C@H]2[C@@H]3CC[C@@H]4C[C@](C)(O)CC[C@@H]4[C@H]3CC[C@@]21C. The molecule has 0 saturated heterocycles. The highest BCUT2D eigenvalue weighted by atomic mass is 16.3. The van der Waals surface area contributed by atoms with Gasteiger partial charge in [-0.05, 0) is 112 Å². The van der Waals surface area contributed by atoms with E-state index in [2.05, 4.69) is 30.0 Å². The minimum Gasteiger partial charge on any atom is -0.390 e. The Morgan fingerprint density at radius 3 is 2.65 bits per heavy atom. The summed E-state index contributed by atoms with van der Waals surface area (Å²) in [5.41, 5.74) is 5.51. The van der Waals surface area contributed by atoms with Crippen molar-refractivity contribution in [3.63, 3.8) is 0 Å². The lowest BCUT2D eigenvalue weighted by Crippen LogP contribution is -2.53. The number of hydrazine groups is 2. The van der Waals surface area contributed by atoms with Crippen molar-refractivity contribution >= 4 is 11.6 Å². The zero-order valence-electron chi connectivity index (χ0n) is 19.6. The van der Waals surface area contributed by atoms with Crippen molar-refractivity contribution in [3.8, 4) is 0 Å². The number of carbonyl (C=O) groups excluding carboxylic acids is 1. The minimum absolute atomic E-state index is 0.172. The molecule has 31 heavy (non-hydrogen) atoms. The Kier molecular flexibility index (Phi) is 4.42. The van der Waals surface area contributed by atoms with E-state index in [1.54, 1.807) is 0 Å². The molecule has 5 fully saturated rings. The van der Waals surface area contributed by atoms with Crippen molar-refractivity contribution < 1.29 is 9.90 Å².